The molecule has 11 heteroatoms. The number of fused-ring (bicyclic) bond motifs is 3. The number of carbonyl (C=O) groups is 2. The number of amides is 3. The van der Waals surface area contributed by atoms with Crippen molar-refractivity contribution in [1.82, 2.24) is 29.2 Å². The van der Waals surface area contributed by atoms with Crippen molar-refractivity contribution in [3.8, 4) is 22.9 Å². The fourth-order valence-electron chi connectivity index (χ4n) is 5.72. The van der Waals surface area contributed by atoms with Gasteiger partial charge in [-0.2, -0.15) is 24.8 Å². The van der Waals surface area contributed by atoms with Crippen LogP contribution in [0.1, 0.15) is 30.9 Å². The molecule has 0 radical (unpaired) electrons. The molecular formula is C26H27N8O3+. The van der Waals surface area contributed by atoms with Gasteiger partial charge in [0.2, 0.25) is 5.91 Å². The van der Waals surface area contributed by atoms with E-state index in [-0.39, 0.29) is 24.0 Å². The zero-order chi connectivity index (χ0) is 25.7. The summed E-state index contributed by atoms with van der Waals surface area (Å²) in [6, 6.07) is 4.34. The van der Waals surface area contributed by atoms with Crippen LogP contribution >= 0.6 is 0 Å². The lowest BCUT2D eigenvalue weighted by Crippen LogP contribution is -2.49. The van der Waals surface area contributed by atoms with Crippen molar-refractivity contribution in [3.05, 3.63) is 49.1 Å². The Morgan fingerprint density at radius 1 is 1.19 bits per heavy atom. The summed E-state index contributed by atoms with van der Waals surface area (Å²) in [5.74, 6) is 0.512. The van der Waals surface area contributed by atoms with Gasteiger partial charge in [0, 0.05) is 42.8 Å². The second-order valence-electron chi connectivity index (χ2n) is 9.68. The Balaban J connectivity index is 1.13. The first kappa shape index (κ1) is 23.0. The van der Waals surface area contributed by atoms with Crippen molar-refractivity contribution in [2.75, 3.05) is 33.3 Å². The normalized spacial score (nSPS) is 19.5. The summed E-state index contributed by atoms with van der Waals surface area (Å²) in [5, 5.41) is 18.2. The second kappa shape index (κ2) is 8.89. The number of hydrogen-bond acceptors (Lipinski definition) is 6. The minimum absolute atomic E-state index is 0.0409. The third-order valence-electron chi connectivity index (χ3n) is 7.69. The van der Waals surface area contributed by atoms with Crippen LogP contribution in [0.5, 0.6) is 5.75 Å². The first-order valence-electron chi connectivity index (χ1n) is 12.3. The van der Waals surface area contributed by atoms with Gasteiger partial charge < -0.3 is 9.64 Å². The number of urea groups is 1. The predicted octanol–water partition coefficient (Wildman–Crippen LogP) is 2.09. The molecule has 3 aromatic heterocycles. The molecule has 3 aliphatic heterocycles. The maximum absolute atomic E-state index is 13.2. The number of aromatic nitrogens is 4. The molecule has 0 aliphatic carbocycles. The van der Waals surface area contributed by atoms with Crippen molar-refractivity contribution in [2.24, 2.45) is 0 Å². The molecule has 2 fully saturated rings. The van der Waals surface area contributed by atoms with Gasteiger partial charge in [0.15, 0.2) is 0 Å². The minimum atomic E-state index is -0.0681. The molecule has 2 bridgehead atoms. The zero-order valence-electron chi connectivity index (χ0n) is 20.6. The Morgan fingerprint density at radius 3 is 2.68 bits per heavy atom. The molecule has 11 nitrogen and oxygen atoms in total. The summed E-state index contributed by atoms with van der Waals surface area (Å²) < 4.78 is 11.0. The van der Waals surface area contributed by atoms with E-state index in [4.69, 9.17) is 4.74 Å². The number of nitriles is 1. The molecule has 0 aromatic carbocycles. The van der Waals surface area contributed by atoms with E-state index < -0.39 is 0 Å². The number of likely N-dealkylation sites (tertiary alicyclic amines) is 2. The number of ether oxygens (including phenoxy) is 1. The third-order valence-corrected chi connectivity index (χ3v) is 7.69. The maximum Gasteiger partial charge on any atom is 0.493 e. The maximum atomic E-state index is 13.2. The molecule has 0 spiro atoms. The fraction of sp³-hybridized carbons (Fsp3) is 0.385. The lowest BCUT2D eigenvalue weighted by Gasteiger charge is -2.29. The Kier molecular flexibility index (Phi) is 5.52. The van der Waals surface area contributed by atoms with E-state index in [1.54, 1.807) is 16.5 Å². The number of pyridine rings is 1. The zero-order valence-corrected chi connectivity index (χ0v) is 20.6. The lowest BCUT2D eigenvalue weighted by atomic mass is 10.1. The van der Waals surface area contributed by atoms with Gasteiger partial charge in [0.1, 0.15) is 35.2 Å². The highest BCUT2D eigenvalue weighted by molar-refractivity contribution is 5.97. The van der Waals surface area contributed by atoms with Crippen molar-refractivity contribution in [1.29, 1.82) is 5.26 Å². The first-order valence-corrected chi connectivity index (χ1v) is 12.3. The topological polar surface area (TPSA) is 112 Å². The van der Waals surface area contributed by atoms with Gasteiger partial charge in [-0.3, -0.25) is 9.48 Å². The van der Waals surface area contributed by atoms with Crippen molar-refractivity contribution in [3.63, 3.8) is 0 Å². The van der Waals surface area contributed by atoms with Gasteiger partial charge in [-0.15, -0.1) is 0 Å². The molecule has 1 atom stereocenters. The molecule has 37 heavy (non-hydrogen) atoms. The molecule has 6 heterocycles. The van der Waals surface area contributed by atoms with Gasteiger partial charge in [-0.25, -0.2) is 9.42 Å². The summed E-state index contributed by atoms with van der Waals surface area (Å²) in [4.78, 5) is 28.9. The largest absolute Gasteiger partial charge is 0.494 e. The van der Waals surface area contributed by atoms with Gasteiger partial charge in [-0.05, 0) is 12.1 Å². The van der Waals surface area contributed by atoms with Crippen LogP contribution in [0.3, 0.4) is 0 Å². The van der Waals surface area contributed by atoms with Crippen molar-refractivity contribution in [2.45, 2.75) is 31.3 Å². The Labute approximate surface area is 213 Å². The number of carbonyl (C=O) groups excluding carboxylic acids is 2. The number of methoxy groups -OCH3 is 1. The van der Waals surface area contributed by atoms with Crippen LogP contribution < -0.4 is 4.74 Å². The smallest absolute Gasteiger partial charge is 0.493 e. The van der Waals surface area contributed by atoms with E-state index in [0.717, 1.165) is 36.1 Å². The van der Waals surface area contributed by atoms with E-state index >= 15 is 0 Å². The highest BCUT2D eigenvalue weighted by atomic mass is 16.5. The summed E-state index contributed by atoms with van der Waals surface area (Å²) in [6.07, 6.45) is 11.0. The van der Waals surface area contributed by atoms with Crippen molar-refractivity contribution < 1.29 is 18.9 Å². The lowest BCUT2D eigenvalue weighted by molar-refractivity contribution is -0.439. The SMILES string of the molecule is C=CC(=O)N1CC2=[N+](C(=O)N3CCC(n4cc(-c5cc(OC)c6c(C#N)cnn6c5)cn4)CC3)C[C@H]1C2. The first-order chi connectivity index (χ1) is 18.0. The summed E-state index contributed by atoms with van der Waals surface area (Å²) in [7, 11) is 1.58. The third kappa shape index (κ3) is 3.76. The number of nitrogens with zero attached hydrogens (tertiary/aromatic N) is 8. The molecular weight excluding hydrogens is 472 g/mol. The van der Waals surface area contributed by atoms with E-state index in [1.165, 1.54) is 12.3 Å². The van der Waals surface area contributed by atoms with E-state index in [2.05, 4.69) is 22.8 Å². The number of hydrogen-bond donors (Lipinski definition) is 0. The Morgan fingerprint density at radius 2 is 2.00 bits per heavy atom. The van der Waals surface area contributed by atoms with Gasteiger partial charge in [0.05, 0.1) is 51.2 Å². The molecule has 3 aromatic rings. The minimum Gasteiger partial charge on any atom is -0.494 e. The molecule has 0 N–H and O–H groups in total. The van der Waals surface area contributed by atoms with Crippen LogP contribution in [-0.4, -0.2) is 90.8 Å². The molecule has 3 aliphatic rings. The van der Waals surface area contributed by atoms with Crippen LogP contribution in [0.4, 0.5) is 4.79 Å². The molecule has 0 saturated carbocycles. The van der Waals surface area contributed by atoms with Crippen LogP contribution in [0, 0.1) is 11.3 Å². The van der Waals surface area contributed by atoms with Crippen LogP contribution in [0.15, 0.2) is 43.5 Å². The average Bonchev–Trinajstić information content (AvgIpc) is 3.74. The Hall–Kier alpha value is -4.46. The summed E-state index contributed by atoms with van der Waals surface area (Å²) in [6.45, 7) is 5.97. The Bertz CT molecular complexity index is 1500. The summed E-state index contributed by atoms with van der Waals surface area (Å²) >= 11 is 0. The standard InChI is InChI=1S/C26H27N8O3/c1-3-24(35)31-15-22-9-21(31)16-32(22)26(36)30-6-4-20(5-7-30)33-14-19(12-28-33)17-8-23(37-2)25-18(10-27)11-29-34(25)13-17/h3,8,11-14,20-21H,1,4-7,9,15-16H2,2H3/q+1/t21-/m1/s1. The molecule has 6 rings (SSSR count). The van der Waals surface area contributed by atoms with Gasteiger partial charge in [-0.1, -0.05) is 6.58 Å². The van der Waals surface area contributed by atoms with Gasteiger partial charge in [0.25, 0.3) is 0 Å². The summed E-state index contributed by atoms with van der Waals surface area (Å²) in [5.41, 5.74) is 3.94. The van der Waals surface area contributed by atoms with Crippen LogP contribution in [0.25, 0.3) is 16.6 Å². The number of rotatable bonds is 4. The monoisotopic (exact) mass is 499 g/mol. The van der Waals surface area contributed by atoms with Gasteiger partial charge >= 0.3 is 6.03 Å². The van der Waals surface area contributed by atoms with Crippen LogP contribution in [0.2, 0.25) is 0 Å². The average molecular weight is 500 g/mol. The van der Waals surface area contributed by atoms with E-state index in [1.807, 2.05) is 38.8 Å². The number of piperidine rings is 1. The second-order valence-corrected chi connectivity index (χ2v) is 9.68. The molecule has 2 saturated heterocycles. The fourth-order valence-corrected chi connectivity index (χ4v) is 5.72. The predicted molar refractivity (Wildman–Crippen MR) is 133 cm³/mol. The van der Waals surface area contributed by atoms with Crippen LogP contribution in [-0.2, 0) is 4.79 Å². The van der Waals surface area contributed by atoms with E-state index in [9.17, 15) is 14.9 Å². The quantitative estimate of drug-likeness (QED) is 0.401. The van der Waals surface area contributed by atoms with E-state index in [0.29, 0.717) is 43.0 Å². The molecule has 0 unspecified atom stereocenters. The highest BCUT2D eigenvalue weighted by Crippen LogP contribution is 2.31. The van der Waals surface area contributed by atoms with Crippen molar-refractivity contribution >= 4 is 23.2 Å². The molecule has 188 valence electrons. The highest BCUT2D eigenvalue weighted by Gasteiger charge is 2.46. The molecule has 3 amide bonds.